The van der Waals surface area contributed by atoms with Crippen LogP contribution >= 0.6 is 34.5 Å². The van der Waals surface area contributed by atoms with Gasteiger partial charge in [0.05, 0.1) is 11.3 Å². The molecule has 0 N–H and O–H groups in total. The van der Waals surface area contributed by atoms with Crippen LogP contribution in [0.4, 0.5) is 0 Å². The smallest absolute Gasteiger partial charge is 0.311 e. The van der Waals surface area contributed by atoms with Gasteiger partial charge in [0.25, 0.3) is 11.8 Å². The maximum Gasteiger partial charge on any atom is 0.311 e. The van der Waals surface area contributed by atoms with Crippen molar-refractivity contribution in [2.75, 3.05) is 0 Å². The molecule has 0 fully saturated rings. The molecule has 3 rings (SSSR count). The first-order chi connectivity index (χ1) is 11.5. The van der Waals surface area contributed by atoms with Crippen molar-refractivity contribution in [2.24, 2.45) is 0 Å². The summed E-state index contributed by atoms with van der Waals surface area (Å²) in [7, 11) is 0. The lowest BCUT2D eigenvalue weighted by Gasteiger charge is -2.11. The molecule has 5 nitrogen and oxygen atoms in total. The highest BCUT2D eigenvalue weighted by Crippen LogP contribution is 2.27. The van der Waals surface area contributed by atoms with Crippen molar-refractivity contribution in [2.45, 2.75) is 19.4 Å². The van der Waals surface area contributed by atoms with Crippen molar-refractivity contribution in [1.29, 1.82) is 0 Å². The fourth-order valence-corrected chi connectivity index (χ4v) is 3.21. The van der Waals surface area contributed by atoms with Crippen LogP contribution < -0.4 is 0 Å². The van der Waals surface area contributed by atoms with Gasteiger partial charge in [0.2, 0.25) is 0 Å². The van der Waals surface area contributed by atoms with Crippen LogP contribution in [0.2, 0.25) is 10.0 Å². The third kappa shape index (κ3) is 3.77. The minimum absolute atomic E-state index is 0.0330. The summed E-state index contributed by atoms with van der Waals surface area (Å²) in [4.78, 5) is 13.0. The van der Waals surface area contributed by atoms with Gasteiger partial charge in [-0.1, -0.05) is 35.3 Å². The first-order valence-electron chi connectivity index (χ1n) is 7.04. The third-order valence-electron chi connectivity index (χ3n) is 3.21. The highest BCUT2D eigenvalue weighted by atomic mass is 35.5. The molecule has 0 aliphatic heterocycles. The molecule has 0 radical (unpaired) electrons. The molecule has 0 saturated carbocycles. The van der Waals surface area contributed by atoms with Crippen LogP contribution in [-0.4, -0.2) is 16.2 Å². The second kappa shape index (κ2) is 7.34. The molecular weight excluding hydrogens is 371 g/mol. The predicted octanol–water partition coefficient (Wildman–Crippen LogP) is 4.95. The second-order valence-corrected chi connectivity index (χ2v) is 6.69. The van der Waals surface area contributed by atoms with E-state index >= 15 is 0 Å². The van der Waals surface area contributed by atoms with Crippen LogP contribution in [0, 0.1) is 0 Å². The van der Waals surface area contributed by atoms with E-state index in [0.717, 1.165) is 4.88 Å². The van der Waals surface area contributed by atoms with E-state index in [9.17, 15) is 4.79 Å². The molecule has 2 aromatic heterocycles. The SMILES string of the molecule is C[C@@H](OC(=O)Cc1c(Cl)cccc1Cl)c1nnc(-c2cccs2)o1. The van der Waals surface area contributed by atoms with Crippen molar-refractivity contribution in [3.8, 4) is 10.8 Å². The number of aromatic nitrogens is 2. The minimum Gasteiger partial charge on any atom is -0.452 e. The monoisotopic (exact) mass is 382 g/mol. The number of ether oxygens (including phenoxy) is 1. The normalized spacial score (nSPS) is 12.1. The van der Waals surface area contributed by atoms with E-state index in [1.807, 2.05) is 17.5 Å². The van der Waals surface area contributed by atoms with E-state index in [1.165, 1.54) is 11.3 Å². The van der Waals surface area contributed by atoms with Gasteiger partial charge in [0.1, 0.15) is 0 Å². The first kappa shape index (κ1) is 17.0. The molecule has 3 aromatic rings. The number of nitrogens with zero attached hydrogens (tertiary/aromatic N) is 2. The summed E-state index contributed by atoms with van der Waals surface area (Å²) < 4.78 is 10.9. The Kier molecular flexibility index (Phi) is 5.18. The van der Waals surface area contributed by atoms with Crippen molar-refractivity contribution >= 4 is 40.5 Å². The summed E-state index contributed by atoms with van der Waals surface area (Å²) in [6.07, 6.45) is -0.700. The molecule has 0 unspecified atom stereocenters. The number of hydrogen-bond acceptors (Lipinski definition) is 6. The maximum absolute atomic E-state index is 12.1. The largest absolute Gasteiger partial charge is 0.452 e. The van der Waals surface area contributed by atoms with Gasteiger partial charge in [0, 0.05) is 15.6 Å². The summed E-state index contributed by atoms with van der Waals surface area (Å²) in [5.74, 6) is 0.155. The van der Waals surface area contributed by atoms with Crippen molar-refractivity contribution in [1.82, 2.24) is 10.2 Å². The van der Waals surface area contributed by atoms with Gasteiger partial charge < -0.3 is 9.15 Å². The molecule has 0 bridgehead atoms. The van der Waals surface area contributed by atoms with Gasteiger partial charge in [-0.05, 0) is 30.5 Å². The number of hydrogen-bond donors (Lipinski definition) is 0. The maximum atomic E-state index is 12.1. The van der Waals surface area contributed by atoms with Crippen LogP contribution in [0.25, 0.3) is 10.8 Å². The van der Waals surface area contributed by atoms with E-state index in [-0.39, 0.29) is 12.3 Å². The van der Waals surface area contributed by atoms with Gasteiger partial charge in [-0.3, -0.25) is 4.79 Å². The zero-order chi connectivity index (χ0) is 17.1. The van der Waals surface area contributed by atoms with E-state index in [1.54, 1.807) is 25.1 Å². The lowest BCUT2D eigenvalue weighted by atomic mass is 10.1. The van der Waals surface area contributed by atoms with Crippen LogP contribution in [0.3, 0.4) is 0 Å². The fraction of sp³-hybridized carbons (Fsp3) is 0.188. The number of esters is 1. The molecule has 0 amide bonds. The molecule has 2 heterocycles. The van der Waals surface area contributed by atoms with Crippen LogP contribution in [0.15, 0.2) is 40.1 Å². The van der Waals surface area contributed by atoms with Gasteiger partial charge in [-0.25, -0.2) is 0 Å². The Bertz CT molecular complexity index is 829. The van der Waals surface area contributed by atoms with E-state index in [4.69, 9.17) is 32.4 Å². The average Bonchev–Trinajstić information content (AvgIpc) is 3.21. The minimum atomic E-state index is -0.667. The Morgan fingerprint density at radius 2 is 2.00 bits per heavy atom. The Morgan fingerprint density at radius 1 is 1.25 bits per heavy atom. The summed E-state index contributed by atoms with van der Waals surface area (Å²) in [5, 5.41) is 10.6. The van der Waals surface area contributed by atoms with Gasteiger partial charge in [0.15, 0.2) is 6.10 Å². The van der Waals surface area contributed by atoms with E-state index in [0.29, 0.717) is 21.5 Å². The standard InChI is InChI=1S/C16H12Cl2N2O3S/c1-9(15-19-20-16(23-15)13-6-3-7-24-13)22-14(21)8-10-11(17)4-2-5-12(10)18/h2-7,9H,8H2,1H3/t9-/m1/s1. The highest BCUT2D eigenvalue weighted by Gasteiger charge is 2.20. The molecule has 1 atom stereocenters. The van der Waals surface area contributed by atoms with E-state index < -0.39 is 12.1 Å². The van der Waals surface area contributed by atoms with E-state index in [2.05, 4.69) is 10.2 Å². The van der Waals surface area contributed by atoms with Crippen LogP contribution in [0.5, 0.6) is 0 Å². The number of benzene rings is 1. The molecule has 0 aliphatic carbocycles. The van der Waals surface area contributed by atoms with Crippen LogP contribution in [-0.2, 0) is 16.0 Å². The lowest BCUT2D eigenvalue weighted by molar-refractivity contribution is -0.148. The van der Waals surface area contributed by atoms with Crippen LogP contribution in [0.1, 0.15) is 24.5 Å². The Labute approximate surface area is 152 Å². The summed E-state index contributed by atoms with van der Waals surface area (Å²) in [5.41, 5.74) is 0.530. The first-order valence-corrected chi connectivity index (χ1v) is 8.68. The molecule has 24 heavy (non-hydrogen) atoms. The van der Waals surface area contributed by atoms with Crippen molar-refractivity contribution < 1.29 is 13.9 Å². The topological polar surface area (TPSA) is 65.2 Å². The molecule has 0 aliphatic rings. The zero-order valence-electron chi connectivity index (χ0n) is 12.5. The number of thiophene rings is 1. The highest BCUT2D eigenvalue weighted by molar-refractivity contribution is 7.13. The predicted molar refractivity (Wildman–Crippen MR) is 92.3 cm³/mol. The zero-order valence-corrected chi connectivity index (χ0v) is 14.9. The molecule has 124 valence electrons. The second-order valence-electron chi connectivity index (χ2n) is 4.93. The molecule has 0 saturated heterocycles. The molecule has 8 heteroatoms. The molecule has 1 aromatic carbocycles. The fourth-order valence-electron chi connectivity index (χ4n) is 2.03. The Morgan fingerprint density at radius 3 is 2.67 bits per heavy atom. The summed E-state index contributed by atoms with van der Waals surface area (Å²) in [6, 6.07) is 8.82. The molecular formula is C16H12Cl2N2O3S. The number of carbonyl (C=O) groups is 1. The number of rotatable bonds is 5. The lowest BCUT2D eigenvalue weighted by Crippen LogP contribution is -2.12. The van der Waals surface area contributed by atoms with Gasteiger partial charge >= 0.3 is 5.97 Å². The average molecular weight is 383 g/mol. The quantitative estimate of drug-likeness (QED) is 0.583. The summed E-state index contributed by atoms with van der Waals surface area (Å²) >= 11 is 13.6. The van der Waals surface area contributed by atoms with Crippen molar-refractivity contribution in [3.63, 3.8) is 0 Å². The Balaban J connectivity index is 1.66. The summed E-state index contributed by atoms with van der Waals surface area (Å²) in [6.45, 7) is 1.66. The van der Waals surface area contributed by atoms with Gasteiger partial charge in [-0.2, -0.15) is 0 Å². The van der Waals surface area contributed by atoms with Gasteiger partial charge in [-0.15, -0.1) is 21.5 Å². The number of carbonyl (C=O) groups excluding carboxylic acids is 1. The number of halogens is 2. The Hall–Kier alpha value is -1.89. The van der Waals surface area contributed by atoms with Crippen molar-refractivity contribution in [3.05, 3.63) is 57.2 Å². The third-order valence-corrected chi connectivity index (χ3v) is 4.78. The molecule has 0 spiro atoms.